The zero-order chi connectivity index (χ0) is 13.4. The van der Waals surface area contributed by atoms with E-state index in [0.717, 1.165) is 12.8 Å². The minimum absolute atomic E-state index is 0.359. The van der Waals surface area contributed by atoms with Gasteiger partial charge in [-0.05, 0) is 59.7 Å². The van der Waals surface area contributed by atoms with Gasteiger partial charge >= 0.3 is 0 Å². The molecule has 2 aromatic rings. The lowest BCUT2D eigenvalue weighted by molar-refractivity contribution is 0.198. The van der Waals surface area contributed by atoms with Crippen molar-refractivity contribution in [1.29, 1.82) is 0 Å². The Kier molecular flexibility index (Phi) is 3.24. The standard InChI is InChI=1S/C12H13FN4OS/c1-7(18)8-2-5-11(10(13)6-8)19-12-14-15-16-17(12)9-3-4-9/h2,5-7,9,18H,3-4H2,1H3/t7-/m0/s1. The summed E-state index contributed by atoms with van der Waals surface area (Å²) in [6.45, 7) is 1.61. The Hall–Kier alpha value is -1.47. The molecule has 1 aliphatic rings. The quantitative estimate of drug-likeness (QED) is 0.931. The Balaban J connectivity index is 1.84. The predicted molar refractivity (Wildman–Crippen MR) is 67.2 cm³/mol. The van der Waals surface area contributed by atoms with Crippen molar-refractivity contribution in [3.05, 3.63) is 29.6 Å². The highest BCUT2D eigenvalue weighted by Gasteiger charge is 2.28. The molecule has 1 heterocycles. The number of aliphatic hydroxyl groups excluding tert-OH is 1. The smallest absolute Gasteiger partial charge is 0.214 e. The van der Waals surface area contributed by atoms with E-state index in [2.05, 4.69) is 15.5 Å². The van der Waals surface area contributed by atoms with Crippen LogP contribution in [0.15, 0.2) is 28.3 Å². The third-order valence-electron chi connectivity index (χ3n) is 2.99. The van der Waals surface area contributed by atoms with Crippen LogP contribution >= 0.6 is 11.8 Å². The molecule has 0 saturated heterocycles. The highest BCUT2D eigenvalue weighted by molar-refractivity contribution is 7.99. The third kappa shape index (κ3) is 2.62. The van der Waals surface area contributed by atoms with Gasteiger partial charge in [-0.3, -0.25) is 0 Å². The molecule has 0 unspecified atom stereocenters. The molecule has 0 spiro atoms. The Morgan fingerprint density at radius 1 is 1.47 bits per heavy atom. The van der Waals surface area contributed by atoms with Crippen molar-refractivity contribution in [2.24, 2.45) is 0 Å². The van der Waals surface area contributed by atoms with Crippen LogP contribution in [0.4, 0.5) is 4.39 Å². The molecule has 100 valence electrons. The fourth-order valence-corrected chi connectivity index (χ4v) is 2.60. The van der Waals surface area contributed by atoms with Crippen LogP contribution in [0.3, 0.4) is 0 Å². The molecule has 19 heavy (non-hydrogen) atoms. The van der Waals surface area contributed by atoms with Gasteiger partial charge in [-0.2, -0.15) is 0 Å². The molecule has 1 N–H and O–H groups in total. The summed E-state index contributed by atoms with van der Waals surface area (Å²) in [6.07, 6.45) is 1.47. The zero-order valence-corrected chi connectivity index (χ0v) is 11.1. The molecular weight excluding hydrogens is 267 g/mol. The van der Waals surface area contributed by atoms with E-state index in [-0.39, 0.29) is 5.82 Å². The average Bonchev–Trinajstić information content (AvgIpc) is 3.12. The summed E-state index contributed by atoms with van der Waals surface area (Å²) in [6, 6.07) is 5.06. The number of hydrogen-bond donors (Lipinski definition) is 1. The molecule has 7 heteroatoms. The molecule has 1 aromatic carbocycles. The summed E-state index contributed by atoms with van der Waals surface area (Å²) in [5, 5.41) is 21.5. The Labute approximate surface area is 113 Å². The first kappa shape index (κ1) is 12.6. The molecule has 5 nitrogen and oxygen atoms in total. The Bertz CT molecular complexity index is 597. The maximum Gasteiger partial charge on any atom is 0.214 e. The fraction of sp³-hybridized carbons (Fsp3) is 0.417. The van der Waals surface area contributed by atoms with Gasteiger partial charge < -0.3 is 5.11 Å². The van der Waals surface area contributed by atoms with E-state index in [0.29, 0.717) is 21.7 Å². The maximum atomic E-state index is 13.9. The van der Waals surface area contributed by atoms with Gasteiger partial charge in [0.15, 0.2) is 0 Å². The molecule has 1 atom stereocenters. The number of aliphatic hydroxyl groups is 1. The lowest BCUT2D eigenvalue weighted by atomic mass is 10.1. The van der Waals surface area contributed by atoms with Gasteiger partial charge in [0.2, 0.25) is 5.16 Å². The second-order valence-electron chi connectivity index (χ2n) is 4.61. The minimum atomic E-state index is -0.676. The van der Waals surface area contributed by atoms with Crippen LogP contribution in [0.2, 0.25) is 0 Å². The second-order valence-corrected chi connectivity index (χ2v) is 5.61. The zero-order valence-electron chi connectivity index (χ0n) is 10.3. The average molecular weight is 280 g/mol. The van der Waals surface area contributed by atoms with E-state index >= 15 is 0 Å². The highest BCUT2D eigenvalue weighted by Crippen LogP contribution is 2.38. The van der Waals surface area contributed by atoms with Crippen LogP contribution in [0.25, 0.3) is 0 Å². The van der Waals surface area contributed by atoms with E-state index in [9.17, 15) is 9.50 Å². The molecule has 3 rings (SSSR count). The topological polar surface area (TPSA) is 63.8 Å². The first-order chi connectivity index (χ1) is 9.15. The van der Waals surface area contributed by atoms with Crippen molar-refractivity contribution < 1.29 is 9.50 Å². The summed E-state index contributed by atoms with van der Waals surface area (Å²) >= 11 is 1.21. The molecule has 1 saturated carbocycles. The number of nitrogens with zero attached hydrogens (tertiary/aromatic N) is 4. The van der Waals surface area contributed by atoms with Crippen molar-refractivity contribution in [3.8, 4) is 0 Å². The van der Waals surface area contributed by atoms with E-state index in [4.69, 9.17) is 0 Å². The Morgan fingerprint density at radius 3 is 2.89 bits per heavy atom. The van der Waals surface area contributed by atoms with Gasteiger partial charge in [-0.15, -0.1) is 5.10 Å². The van der Waals surface area contributed by atoms with Gasteiger partial charge in [-0.1, -0.05) is 6.07 Å². The van der Waals surface area contributed by atoms with Crippen molar-refractivity contribution in [1.82, 2.24) is 20.2 Å². The summed E-state index contributed by atoms with van der Waals surface area (Å²) in [5.74, 6) is -0.367. The van der Waals surface area contributed by atoms with Gasteiger partial charge in [0.1, 0.15) is 5.82 Å². The van der Waals surface area contributed by atoms with Crippen molar-refractivity contribution in [3.63, 3.8) is 0 Å². The van der Waals surface area contributed by atoms with E-state index in [1.165, 1.54) is 17.8 Å². The highest BCUT2D eigenvalue weighted by atomic mass is 32.2. The minimum Gasteiger partial charge on any atom is -0.389 e. The van der Waals surface area contributed by atoms with Crippen LogP contribution < -0.4 is 0 Å². The summed E-state index contributed by atoms with van der Waals surface area (Å²) in [5.41, 5.74) is 0.559. The van der Waals surface area contributed by atoms with E-state index < -0.39 is 6.10 Å². The summed E-state index contributed by atoms with van der Waals surface area (Å²) in [4.78, 5) is 0.459. The summed E-state index contributed by atoms with van der Waals surface area (Å²) in [7, 11) is 0. The molecule has 1 fully saturated rings. The lowest BCUT2D eigenvalue weighted by Crippen LogP contribution is -1.99. The number of tetrazole rings is 1. The van der Waals surface area contributed by atoms with Gasteiger partial charge in [0, 0.05) is 0 Å². The number of hydrogen-bond acceptors (Lipinski definition) is 5. The largest absolute Gasteiger partial charge is 0.389 e. The van der Waals surface area contributed by atoms with E-state index in [1.54, 1.807) is 23.7 Å². The fourth-order valence-electron chi connectivity index (χ4n) is 1.76. The molecular formula is C12H13FN4OS. The van der Waals surface area contributed by atoms with Crippen LogP contribution in [-0.2, 0) is 0 Å². The van der Waals surface area contributed by atoms with Crippen molar-refractivity contribution >= 4 is 11.8 Å². The molecule has 1 aliphatic carbocycles. The van der Waals surface area contributed by atoms with E-state index in [1.807, 2.05) is 0 Å². The van der Waals surface area contributed by atoms with Gasteiger partial charge in [0.05, 0.1) is 17.0 Å². The van der Waals surface area contributed by atoms with Crippen LogP contribution in [0.1, 0.15) is 37.5 Å². The number of halogens is 1. The van der Waals surface area contributed by atoms with Crippen molar-refractivity contribution in [2.75, 3.05) is 0 Å². The van der Waals surface area contributed by atoms with Gasteiger partial charge in [0.25, 0.3) is 0 Å². The summed E-state index contributed by atoms with van der Waals surface area (Å²) < 4.78 is 15.7. The normalized spacial score (nSPS) is 16.6. The van der Waals surface area contributed by atoms with Gasteiger partial charge in [-0.25, -0.2) is 9.07 Å². The van der Waals surface area contributed by atoms with Crippen LogP contribution in [0, 0.1) is 5.82 Å². The molecule has 0 aliphatic heterocycles. The lowest BCUT2D eigenvalue weighted by Gasteiger charge is -2.07. The van der Waals surface area contributed by atoms with Crippen molar-refractivity contribution in [2.45, 2.75) is 42.0 Å². The molecule has 1 aromatic heterocycles. The predicted octanol–water partition coefficient (Wildman–Crippen LogP) is 2.35. The number of aromatic nitrogens is 4. The number of rotatable bonds is 4. The SMILES string of the molecule is C[C@H](O)c1ccc(Sc2nnnn2C2CC2)c(F)c1. The van der Waals surface area contributed by atoms with Crippen LogP contribution in [-0.4, -0.2) is 25.3 Å². The molecule has 0 bridgehead atoms. The monoisotopic (exact) mass is 280 g/mol. The maximum absolute atomic E-state index is 13.9. The first-order valence-electron chi connectivity index (χ1n) is 6.08. The molecule has 0 radical (unpaired) electrons. The molecule has 0 amide bonds. The first-order valence-corrected chi connectivity index (χ1v) is 6.90. The van der Waals surface area contributed by atoms with Crippen LogP contribution in [0.5, 0.6) is 0 Å². The Morgan fingerprint density at radius 2 is 2.26 bits per heavy atom. The number of benzene rings is 1. The third-order valence-corrected chi connectivity index (χ3v) is 4.00. The second kappa shape index (κ2) is 4.90.